The highest BCUT2D eigenvalue weighted by Gasteiger charge is 2.32. The van der Waals surface area contributed by atoms with Gasteiger partial charge in [0.05, 0.1) is 0 Å². The van der Waals surface area contributed by atoms with E-state index in [0.717, 1.165) is 16.8 Å². The van der Waals surface area contributed by atoms with E-state index in [0.29, 0.717) is 13.0 Å². The number of benzene rings is 1. The molecule has 0 spiro atoms. The molecule has 1 atom stereocenters. The molecule has 0 unspecified atom stereocenters. The van der Waals surface area contributed by atoms with Crippen LogP contribution in [-0.4, -0.2) is 75.0 Å². The molecule has 2 saturated heterocycles. The van der Waals surface area contributed by atoms with E-state index in [1.165, 1.54) is 23.1 Å². The summed E-state index contributed by atoms with van der Waals surface area (Å²) in [5.74, 6) is -1.76. The van der Waals surface area contributed by atoms with Crippen LogP contribution in [0.3, 0.4) is 0 Å². The lowest BCUT2D eigenvalue weighted by atomic mass is 10.2. The zero-order valence-corrected chi connectivity index (χ0v) is 15.5. The van der Waals surface area contributed by atoms with Gasteiger partial charge in [-0.3, -0.25) is 4.79 Å². The molecule has 0 N–H and O–H groups in total. The third-order valence-electron chi connectivity index (χ3n) is 4.58. The molecule has 0 bridgehead atoms. The highest BCUT2D eigenvalue weighted by molar-refractivity contribution is 7.89. The standard InChI is InChI=1S/C17H21FN2O6S/c18-13-4-1-2-6-15(13)27(23,24)20-9-7-19(8-10-20)16(21)12-26-17(22)14-5-3-11-25-14/h1-2,4,6,14H,3,5,7-12H2/t14-/m0/s1. The van der Waals surface area contributed by atoms with Gasteiger partial charge in [-0.25, -0.2) is 17.6 Å². The summed E-state index contributed by atoms with van der Waals surface area (Å²) >= 11 is 0. The summed E-state index contributed by atoms with van der Waals surface area (Å²) in [5, 5.41) is 0. The van der Waals surface area contributed by atoms with Gasteiger partial charge in [-0.2, -0.15) is 4.31 Å². The normalized spacial score (nSPS) is 21.2. The molecule has 2 heterocycles. The van der Waals surface area contributed by atoms with Gasteiger partial charge in [-0.15, -0.1) is 0 Å². The second-order valence-electron chi connectivity index (χ2n) is 6.32. The predicted octanol–water partition coefficient (Wildman–Crippen LogP) is 0.381. The number of amides is 1. The fourth-order valence-corrected chi connectivity index (χ4v) is 4.54. The summed E-state index contributed by atoms with van der Waals surface area (Å²) in [7, 11) is -3.96. The molecule has 0 radical (unpaired) electrons. The Labute approximate surface area is 156 Å². The van der Waals surface area contributed by atoms with Crippen LogP contribution in [0, 0.1) is 5.82 Å². The van der Waals surface area contributed by atoms with Crippen molar-refractivity contribution in [3.05, 3.63) is 30.1 Å². The van der Waals surface area contributed by atoms with E-state index < -0.39 is 40.4 Å². The smallest absolute Gasteiger partial charge is 0.335 e. The molecular formula is C17H21FN2O6S. The second-order valence-corrected chi connectivity index (χ2v) is 8.23. The predicted molar refractivity (Wildman–Crippen MR) is 91.7 cm³/mol. The van der Waals surface area contributed by atoms with Crippen LogP contribution in [0.25, 0.3) is 0 Å². The Bertz CT molecular complexity index is 801. The minimum Gasteiger partial charge on any atom is -0.454 e. The van der Waals surface area contributed by atoms with E-state index in [1.54, 1.807) is 0 Å². The third-order valence-corrected chi connectivity index (χ3v) is 6.51. The van der Waals surface area contributed by atoms with E-state index in [2.05, 4.69) is 0 Å². The number of nitrogens with zero attached hydrogens (tertiary/aromatic N) is 2. The number of hydrogen-bond acceptors (Lipinski definition) is 6. The number of carbonyl (C=O) groups is 2. The molecule has 1 amide bonds. The molecule has 10 heteroatoms. The van der Waals surface area contributed by atoms with E-state index in [4.69, 9.17) is 9.47 Å². The van der Waals surface area contributed by atoms with E-state index in [9.17, 15) is 22.4 Å². The lowest BCUT2D eigenvalue weighted by Gasteiger charge is -2.34. The van der Waals surface area contributed by atoms with Crippen molar-refractivity contribution in [1.29, 1.82) is 0 Å². The lowest BCUT2D eigenvalue weighted by molar-refractivity contribution is -0.160. The fourth-order valence-electron chi connectivity index (χ4n) is 3.05. The van der Waals surface area contributed by atoms with Crippen LogP contribution in [-0.2, 0) is 29.1 Å². The van der Waals surface area contributed by atoms with Crippen LogP contribution in [0.1, 0.15) is 12.8 Å². The number of halogens is 1. The molecule has 2 fully saturated rings. The highest BCUT2D eigenvalue weighted by atomic mass is 32.2. The van der Waals surface area contributed by atoms with Crippen LogP contribution >= 0.6 is 0 Å². The van der Waals surface area contributed by atoms with Gasteiger partial charge in [-0.1, -0.05) is 12.1 Å². The van der Waals surface area contributed by atoms with Crippen molar-refractivity contribution < 1.29 is 31.9 Å². The summed E-state index contributed by atoms with van der Waals surface area (Å²) in [4.78, 5) is 25.0. The first-order valence-corrected chi connectivity index (χ1v) is 10.1. The number of esters is 1. The zero-order chi connectivity index (χ0) is 19.4. The van der Waals surface area contributed by atoms with E-state index >= 15 is 0 Å². The minimum absolute atomic E-state index is 0.0437. The summed E-state index contributed by atoms with van der Waals surface area (Å²) < 4.78 is 50.2. The zero-order valence-electron chi connectivity index (χ0n) is 14.7. The largest absolute Gasteiger partial charge is 0.454 e. The Morgan fingerprint density at radius 3 is 2.52 bits per heavy atom. The van der Waals surface area contributed by atoms with Crippen molar-refractivity contribution in [3.63, 3.8) is 0 Å². The maximum Gasteiger partial charge on any atom is 0.335 e. The third kappa shape index (κ3) is 4.45. The van der Waals surface area contributed by atoms with Gasteiger partial charge in [0.15, 0.2) is 12.7 Å². The molecule has 1 aromatic rings. The van der Waals surface area contributed by atoms with Gasteiger partial charge >= 0.3 is 5.97 Å². The maximum absolute atomic E-state index is 13.8. The topological polar surface area (TPSA) is 93.2 Å². The number of ether oxygens (including phenoxy) is 2. The minimum atomic E-state index is -3.96. The van der Waals surface area contributed by atoms with Gasteiger partial charge in [-0.05, 0) is 25.0 Å². The summed E-state index contributed by atoms with van der Waals surface area (Å²) in [6.45, 7) is 0.475. The lowest BCUT2D eigenvalue weighted by Crippen LogP contribution is -2.51. The molecule has 0 aliphatic carbocycles. The Hall–Kier alpha value is -2.04. The Morgan fingerprint density at radius 2 is 1.89 bits per heavy atom. The van der Waals surface area contributed by atoms with Crippen LogP contribution in [0.5, 0.6) is 0 Å². The summed E-state index contributed by atoms with van der Waals surface area (Å²) in [6.07, 6.45) is 0.756. The number of piperazine rings is 1. The van der Waals surface area contributed by atoms with Gasteiger partial charge < -0.3 is 14.4 Å². The SMILES string of the molecule is O=C(OCC(=O)N1CCN(S(=O)(=O)c2ccccc2F)CC1)[C@@H]1CCCO1. The molecule has 2 aliphatic heterocycles. The van der Waals surface area contributed by atoms with Gasteiger partial charge in [0.25, 0.3) is 5.91 Å². The Balaban J connectivity index is 1.51. The molecule has 0 saturated carbocycles. The van der Waals surface area contributed by atoms with Crippen molar-refractivity contribution in [2.45, 2.75) is 23.8 Å². The Morgan fingerprint density at radius 1 is 1.19 bits per heavy atom. The molecule has 27 heavy (non-hydrogen) atoms. The van der Waals surface area contributed by atoms with Crippen molar-refractivity contribution in [2.24, 2.45) is 0 Å². The molecule has 2 aliphatic rings. The Kier molecular flexibility index (Phi) is 6.08. The molecular weight excluding hydrogens is 379 g/mol. The second kappa shape index (κ2) is 8.32. The molecule has 0 aromatic heterocycles. The van der Waals surface area contributed by atoms with Gasteiger partial charge in [0.2, 0.25) is 10.0 Å². The van der Waals surface area contributed by atoms with Crippen LogP contribution < -0.4 is 0 Å². The fraction of sp³-hybridized carbons (Fsp3) is 0.529. The first-order chi connectivity index (χ1) is 12.9. The molecule has 1 aromatic carbocycles. The average Bonchev–Trinajstić information content (AvgIpc) is 3.21. The highest BCUT2D eigenvalue weighted by Crippen LogP contribution is 2.20. The van der Waals surface area contributed by atoms with Crippen molar-refractivity contribution >= 4 is 21.9 Å². The van der Waals surface area contributed by atoms with E-state index in [1.807, 2.05) is 0 Å². The first-order valence-electron chi connectivity index (χ1n) is 8.70. The van der Waals surface area contributed by atoms with Crippen molar-refractivity contribution in [2.75, 3.05) is 39.4 Å². The number of hydrogen-bond donors (Lipinski definition) is 0. The van der Waals surface area contributed by atoms with Gasteiger partial charge in [0.1, 0.15) is 10.7 Å². The number of rotatable bonds is 5. The van der Waals surface area contributed by atoms with Crippen molar-refractivity contribution in [3.8, 4) is 0 Å². The first kappa shape index (κ1) is 19.7. The van der Waals surface area contributed by atoms with Gasteiger partial charge in [0, 0.05) is 32.8 Å². The average molecular weight is 400 g/mol. The summed E-state index contributed by atoms with van der Waals surface area (Å²) in [5.41, 5.74) is 0. The van der Waals surface area contributed by atoms with Crippen LogP contribution in [0.2, 0.25) is 0 Å². The van der Waals surface area contributed by atoms with Crippen LogP contribution in [0.4, 0.5) is 4.39 Å². The van der Waals surface area contributed by atoms with Crippen LogP contribution in [0.15, 0.2) is 29.2 Å². The van der Waals surface area contributed by atoms with E-state index in [-0.39, 0.29) is 31.1 Å². The monoisotopic (exact) mass is 400 g/mol. The molecule has 8 nitrogen and oxygen atoms in total. The maximum atomic E-state index is 13.8. The number of carbonyl (C=O) groups excluding carboxylic acids is 2. The summed E-state index contributed by atoms with van der Waals surface area (Å²) in [6, 6.07) is 5.18. The molecule has 148 valence electrons. The number of sulfonamides is 1. The van der Waals surface area contributed by atoms with Crippen molar-refractivity contribution in [1.82, 2.24) is 9.21 Å². The quantitative estimate of drug-likeness (QED) is 0.664. The molecule has 3 rings (SSSR count).